The van der Waals surface area contributed by atoms with E-state index in [9.17, 15) is 19.2 Å². The molecule has 0 radical (unpaired) electrons. The zero-order chi connectivity index (χ0) is 43.8. The van der Waals surface area contributed by atoms with Gasteiger partial charge >= 0.3 is 34.2 Å². The highest BCUT2D eigenvalue weighted by molar-refractivity contribution is 6.90. The molecule has 0 aliphatic carbocycles. The Kier molecular flexibility index (Phi) is 16.4. The molecule has 0 aromatic carbocycles. The van der Waals surface area contributed by atoms with Gasteiger partial charge in [0.2, 0.25) is 11.8 Å². The molecule has 0 spiro atoms. The standard InChI is InChI=1S/C20H41NO6Si4.C16H35NO5Si4/c1-28(2,3)25-30(7,8)27-31(9,26-29(4,5)6)14-10-13-21-19(22)17-15-11-12-16(24-15)18(17)20(21)23;1-23(2,3)20-25(7,8)22-26(9,21-24(4,5)6)14-10-13-17-15(18)11-12-16(17)19/h15-18H,10-14H2,1-9H3;11-12H,10,13-14H2,1-9H3/t15?,16?,17?,18?,31-;26-/m11/s1. The molecule has 4 heterocycles. The summed E-state index contributed by atoms with van der Waals surface area (Å²) in [6.45, 7) is 39.5. The van der Waals surface area contributed by atoms with Gasteiger partial charge in [0, 0.05) is 25.2 Å². The molecular weight excluding hydrogens is 861 g/mol. The van der Waals surface area contributed by atoms with Gasteiger partial charge in [-0.05, 0) is 156 Å². The zero-order valence-corrected chi connectivity index (χ0v) is 46.5. The fraction of sp³-hybridized carbons (Fsp3) is 0.833. The van der Waals surface area contributed by atoms with Crippen molar-refractivity contribution >= 4 is 91.1 Å². The molecule has 4 rings (SSSR count). The van der Waals surface area contributed by atoms with Gasteiger partial charge in [-0.25, -0.2) is 0 Å². The normalized spacial score (nSPS) is 25.2. The Morgan fingerprint density at radius 1 is 0.491 bits per heavy atom. The highest BCUT2D eigenvalue weighted by Gasteiger charge is 2.62. The van der Waals surface area contributed by atoms with E-state index >= 15 is 0 Å². The molecule has 0 aromatic rings. The average molecular weight is 938 g/mol. The third-order valence-electron chi connectivity index (χ3n) is 9.37. The van der Waals surface area contributed by atoms with Crippen LogP contribution in [0.25, 0.3) is 0 Å². The van der Waals surface area contributed by atoms with Crippen LogP contribution in [0.4, 0.5) is 0 Å². The van der Waals surface area contributed by atoms with Crippen LogP contribution in [0, 0.1) is 11.8 Å². The van der Waals surface area contributed by atoms with E-state index in [2.05, 4.69) is 118 Å². The third-order valence-corrected chi connectivity index (χ3v) is 36.5. The number of likely N-dealkylation sites (tertiary alicyclic amines) is 1. The lowest BCUT2D eigenvalue weighted by atomic mass is 9.81. The summed E-state index contributed by atoms with van der Waals surface area (Å²) in [5, 5.41) is 0. The van der Waals surface area contributed by atoms with Crippen molar-refractivity contribution in [3.8, 4) is 0 Å². The first-order chi connectivity index (χ1) is 25.5. The van der Waals surface area contributed by atoms with E-state index in [1.165, 1.54) is 22.0 Å². The van der Waals surface area contributed by atoms with Crippen LogP contribution in [0.2, 0.25) is 130 Å². The molecule has 3 saturated heterocycles. The Bertz CT molecular complexity index is 1460. The molecule has 3 fully saturated rings. The highest BCUT2D eigenvalue weighted by atomic mass is 28.5. The monoisotopic (exact) mass is 936 g/mol. The van der Waals surface area contributed by atoms with Gasteiger partial charge in [-0.2, -0.15) is 0 Å². The Balaban J connectivity index is 0.000000311. The maximum Gasteiger partial charge on any atom is 0.315 e. The SMILES string of the molecule is C[Si](C)(C)O[Si](C)(C)O[Si@](C)(CCCN1C(=O)C2C3CCC(O3)C2C1=O)O[Si](C)(C)C.C[Si](C)(C)O[Si](C)(C)O[Si@](C)(CCCN1C(=O)C=CC1=O)O[Si](C)(C)C. The summed E-state index contributed by atoms with van der Waals surface area (Å²) in [5.41, 5.74) is 0. The van der Waals surface area contributed by atoms with Gasteiger partial charge in [-0.1, -0.05) is 0 Å². The smallest absolute Gasteiger partial charge is 0.315 e. The quantitative estimate of drug-likeness (QED) is 0.0872. The lowest BCUT2D eigenvalue weighted by Crippen LogP contribution is -2.57. The second-order valence-corrected chi connectivity index (χ2v) is 54.1. The topological polar surface area (TPSA) is 139 Å². The third kappa shape index (κ3) is 16.0. The molecule has 6 atom stereocenters. The first-order valence-electron chi connectivity index (χ1n) is 20.8. The van der Waals surface area contributed by atoms with Crippen molar-refractivity contribution in [3.05, 3.63) is 12.2 Å². The van der Waals surface area contributed by atoms with Crippen molar-refractivity contribution in [1.82, 2.24) is 9.80 Å². The predicted octanol–water partition coefficient (Wildman–Crippen LogP) is 7.83. The van der Waals surface area contributed by atoms with E-state index in [4.69, 9.17) is 29.4 Å². The van der Waals surface area contributed by atoms with Gasteiger partial charge in [0.1, 0.15) is 0 Å². The van der Waals surface area contributed by atoms with Crippen LogP contribution >= 0.6 is 0 Å². The van der Waals surface area contributed by atoms with E-state index in [1.54, 1.807) is 0 Å². The van der Waals surface area contributed by atoms with Crippen LogP contribution in [0.5, 0.6) is 0 Å². The molecule has 0 aromatic heterocycles. The number of imide groups is 2. The number of carbonyl (C=O) groups excluding carboxylic acids is 4. The number of rotatable bonds is 20. The minimum atomic E-state index is -2.53. The number of ether oxygens (including phenoxy) is 1. The van der Waals surface area contributed by atoms with Gasteiger partial charge in [0.25, 0.3) is 11.8 Å². The van der Waals surface area contributed by atoms with Gasteiger partial charge in [-0.15, -0.1) is 0 Å². The first kappa shape index (κ1) is 50.8. The Morgan fingerprint density at radius 2 is 0.807 bits per heavy atom. The maximum absolute atomic E-state index is 12.9. The Morgan fingerprint density at radius 3 is 1.12 bits per heavy atom. The molecule has 0 N–H and O–H groups in total. The van der Waals surface area contributed by atoms with E-state index in [0.717, 1.165) is 24.9 Å². The van der Waals surface area contributed by atoms with Crippen LogP contribution in [0.1, 0.15) is 25.7 Å². The maximum atomic E-state index is 12.9. The molecule has 57 heavy (non-hydrogen) atoms. The molecule has 4 aliphatic rings. The molecular formula is C36H76N2O11Si8. The number of amides is 4. The minimum Gasteiger partial charge on any atom is -0.437 e. The van der Waals surface area contributed by atoms with Gasteiger partial charge < -0.3 is 29.4 Å². The van der Waals surface area contributed by atoms with E-state index in [0.29, 0.717) is 25.9 Å². The largest absolute Gasteiger partial charge is 0.437 e. The Labute approximate surface area is 352 Å². The number of nitrogens with zero attached hydrogens (tertiary/aromatic N) is 2. The molecule has 4 amide bonds. The van der Waals surface area contributed by atoms with Gasteiger partial charge in [-0.3, -0.25) is 29.0 Å². The van der Waals surface area contributed by atoms with E-state index in [1.807, 2.05) is 0 Å². The average Bonchev–Trinajstić information content (AvgIpc) is 3.69. The fourth-order valence-corrected chi connectivity index (χ4v) is 44.7. The van der Waals surface area contributed by atoms with Crippen LogP contribution in [0.3, 0.4) is 0 Å². The second-order valence-electron chi connectivity index (χ2n) is 21.2. The van der Waals surface area contributed by atoms with Crippen LogP contribution in [-0.2, 0) is 48.6 Å². The highest BCUT2D eigenvalue weighted by Crippen LogP contribution is 2.48. The summed E-state index contributed by atoms with van der Waals surface area (Å²) in [6, 6.07) is 1.48. The molecule has 4 unspecified atom stereocenters. The van der Waals surface area contributed by atoms with Crippen molar-refractivity contribution in [2.24, 2.45) is 11.8 Å². The predicted molar refractivity (Wildman–Crippen MR) is 244 cm³/mol. The molecule has 13 nitrogen and oxygen atoms in total. The van der Waals surface area contributed by atoms with Crippen LogP contribution in [0.15, 0.2) is 12.2 Å². The summed E-state index contributed by atoms with van der Waals surface area (Å²) in [4.78, 5) is 52.1. The first-order valence-corrected chi connectivity index (χ1v) is 45.1. The summed E-state index contributed by atoms with van der Waals surface area (Å²) >= 11 is 0. The summed E-state index contributed by atoms with van der Waals surface area (Å²) in [5.74, 6) is -1.03. The van der Waals surface area contributed by atoms with Crippen molar-refractivity contribution in [2.45, 2.75) is 168 Å². The lowest BCUT2D eigenvalue weighted by Gasteiger charge is -2.41. The molecule has 21 heteroatoms. The molecule has 2 bridgehead atoms. The van der Waals surface area contributed by atoms with Crippen LogP contribution in [-0.4, -0.2) is 126 Å². The summed E-state index contributed by atoms with van der Waals surface area (Å²) in [7, 11) is -16.8. The zero-order valence-electron chi connectivity index (χ0n) is 38.5. The fourth-order valence-electron chi connectivity index (χ4n) is 8.86. The van der Waals surface area contributed by atoms with Crippen molar-refractivity contribution < 1.29 is 48.6 Å². The summed E-state index contributed by atoms with van der Waals surface area (Å²) in [6.07, 6.45) is 5.73. The number of hydrogen-bond acceptors (Lipinski definition) is 11. The van der Waals surface area contributed by atoms with Gasteiger partial charge in [0.15, 0.2) is 33.3 Å². The second kappa shape index (κ2) is 18.4. The lowest BCUT2D eigenvalue weighted by molar-refractivity contribution is -0.143. The molecule has 4 aliphatic heterocycles. The molecule has 328 valence electrons. The number of hydrogen-bond donors (Lipinski definition) is 0. The van der Waals surface area contributed by atoms with Crippen molar-refractivity contribution in [2.75, 3.05) is 13.1 Å². The van der Waals surface area contributed by atoms with Crippen molar-refractivity contribution in [3.63, 3.8) is 0 Å². The van der Waals surface area contributed by atoms with Crippen LogP contribution < -0.4 is 0 Å². The number of carbonyl (C=O) groups is 4. The minimum absolute atomic E-state index is 0.0330. The van der Waals surface area contributed by atoms with Crippen molar-refractivity contribution in [1.29, 1.82) is 0 Å². The Hall–Kier alpha value is -0.525. The molecule has 0 saturated carbocycles. The van der Waals surface area contributed by atoms with Gasteiger partial charge in [0.05, 0.1) is 24.0 Å². The number of fused-ring (bicyclic) bond motifs is 5. The van der Waals surface area contributed by atoms with E-state index in [-0.39, 0.29) is 47.7 Å². The summed E-state index contributed by atoms with van der Waals surface area (Å²) < 4.78 is 45.1. The van der Waals surface area contributed by atoms with E-state index < -0.39 is 67.5 Å².